The summed E-state index contributed by atoms with van der Waals surface area (Å²) >= 11 is 0. The van der Waals surface area contributed by atoms with Gasteiger partial charge >= 0.3 is 0 Å². The van der Waals surface area contributed by atoms with Crippen LogP contribution < -0.4 is 0 Å². The minimum atomic E-state index is -0.00639. The van der Waals surface area contributed by atoms with E-state index < -0.39 is 0 Å². The summed E-state index contributed by atoms with van der Waals surface area (Å²) in [6.07, 6.45) is 2.92. The molecule has 0 fully saturated rings. The lowest BCUT2D eigenvalue weighted by molar-refractivity contribution is 0.564. The maximum Gasteiger partial charge on any atom is 0.174 e. The Morgan fingerprint density at radius 2 is 1.53 bits per heavy atom. The number of hydrogen-bond donors (Lipinski definition) is 0. The SMILES string of the molecule is Cc1c(-c2oc3c(-c4cc(C(C)(C)C)c5ccccc5c4)nccc3c2C)oc2cc(CC(C)C)ccc12. The summed E-state index contributed by atoms with van der Waals surface area (Å²) in [5.74, 6) is 2.18. The van der Waals surface area contributed by atoms with Gasteiger partial charge in [0.1, 0.15) is 11.3 Å². The molecule has 0 atom stereocenters. The average Bonchev–Trinajstić information content (AvgIpc) is 3.38. The molecule has 0 aliphatic rings. The van der Waals surface area contributed by atoms with E-state index >= 15 is 0 Å². The van der Waals surface area contributed by atoms with Gasteiger partial charge in [0.15, 0.2) is 17.1 Å². The monoisotopic (exact) mass is 501 g/mol. The Bertz CT molecular complexity index is 1820. The summed E-state index contributed by atoms with van der Waals surface area (Å²) in [6, 6.07) is 21.7. The van der Waals surface area contributed by atoms with Crippen molar-refractivity contribution in [2.24, 2.45) is 5.92 Å². The van der Waals surface area contributed by atoms with Gasteiger partial charge in [-0.25, -0.2) is 0 Å². The van der Waals surface area contributed by atoms with Crippen molar-refractivity contribution in [3.63, 3.8) is 0 Å². The highest BCUT2D eigenvalue weighted by Gasteiger charge is 2.24. The number of aromatic nitrogens is 1. The molecule has 0 aliphatic carbocycles. The summed E-state index contributed by atoms with van der Waals surface area (Å²) in [6.45, 7) is 15.5. The Labute approximate surface area is 224 Å². The van der Waals surface area contributed by atoms with Gasteiger partial charge in [0.05, 0.1) is 0 Å². The van der Waals surface area contributed by atoms with Crippen molar-refractivity contribution >= 4 is 32.7 Å². The number of nitrogens with zero attached hydrogens (tertiary/aromatic N) is 1. The molecular formula is C35H35NO2. The van der Waals surface area contributed by atoms with Crippen LogP contribution in [0, 0.1) is 19.8 Å². The van der Waals surface area contributed by atoms with E-state index in [2.05, 4.69) is 103 Å². The third-order valence-electron chi connectivity index (χ3n) is 7.65. The second-order valence-electron chi connectivity index (χ2n) is 12.1. The fourth-order valence-electron chi connectivity index (χ4n) is 5.72. The number of pyridine rings is 1. The lowest BCUT2D eigenvalue weighted by Gasteiger charge is -2.22. The summed E-state index contributed by atoms with van der Waals surface area (Å²) < 4.78 is 13.1. The minimum Gasteiger partial charge on any atom is -0.452 e. The molecule has 3 heterocycles. The van der Waals surface area contributed by atoms with Gasteiger partial charge in [0, 0.05) is 33.7 Å². The number of aryl methyl sites for hydroxylation is 2. The predicted molar refractivity (Wildman–Crippen MR) is 159 cm³/mol. The second-order valence-corrected chi connectivity index (χ2v) is 12.1. The van der Waals surface area contributed by atoms with Gasteiger partial charge in [-0.3, -0.25) is 4.98 Å². The lowest BCUT2D eigenvalue weighted by Crippen LogP contribution is -2.12. The summed E-state index contributed by atoms with van der Waals surface area (Å²) in [5, 5.41) is 4.69. The van der Waals surface area contributed by atoms with E-state index in [0.717, 1.165) is 62.3 Å². The Balaban J connectivity index is 1.54. The highest BCUT2D eigenvalue weighted by molar-refractivity contribution is 5.99. The third kappa shape index (κ3) is 4.01. The van der Waals surface area contributed by atoms with E-state index in [1.807, 2.05) is 12.3 Å². The molecule has 0 spiro atoms. The van der Waals surface area contributed by atoms with E-state index in [1.165, 1.54) is 21.9 Å². The van der Waals surface area contributed by atoms with Gasteiger partial charge in [0.25, 0.3) is 0 Å². The number of hydrogen-bond acceptors (Lipinski definition) is 3. The van der Waals surface area contributed by atoms with Crippen LogP contribution in [-0.2, 0) is 11.8 Å². The molecule has 6 rings (SSSR count). The van der Waals surface area contributed by atoms with Crippen molar-refractivity contribution in [1.29, 1.82) is 0 Å². The third-order valence-corrected chi connectivity index (χ3v) is 7.65. The summed E-state index contributed by atoms with van der Waals surface area (Å²) in [7, 11) is 0. The van der Waals surface area contributed by atoms with Crippen LogP contribution in [0.25, 0.3) is 55.5 Å². The highest BCUT2D eigenvalue weighted by atomic mass is 16.4. The van der Waals surface area contributed by atoms with Gasteiger partial charge in [-0.1, -0.05) is 71.0 Å². The van der Waals surface area contributed by atoms with Gasteiger partial charge in [0.2, 0.25) is 0 Å². The van der Waals surface area contributed by atoms with Crippen LogP contribution in [0.1, 0.15) is 56.9 Å². The van der Waals surface area contributed by atoms with E-state index in [0.29, 0.717) is 5.92 Å². The molecule has 192 valence electrons. The quantitative estimate of drug-likeness (QED) is 0.241. The second kappa shape index (κ2) is 8.87. The van der Waals surface area contributed by atoms with E-state index in [9.17, 15) is 0 Å². The molecule has 6 aromatic rings. The van der Waals surface area contributed by atoms with Gasteiger partial charge in [-0.05, 0) is 77.8 Å². The molecule has 0 saturated carbocycles. The van der Waals surface area contributed by atoms with E-state index in [-0.39, 0.29) is 5.41 Å². The van der Waals surface area contributed by atoms with Crippen molar-refractivity contribution < 1.29 is 8.83 Å². The minimum absolute atomic E-state index is 0.00639. The molecule has 0 radical (unpaired) electrons. The molecule has 0 unspecified atom stereocenters. The first kappa shape index (κ1) is 24.5. The standard InChI is InChI=1S/C35H35NO2/c1-20(2)16-23-12-13-26-21(3)32(37-30(26)17-23)33-22(4)27-14-15-36-31(34(27)38-33)25-18-24-10-8-9-11-28(24)29(19-25)35(5,6)7/h8-15,17-20H,16H2,1-7H3. The van der Waals surface area contributed by atoms with Crippen molar-refractivity contribution in [3.8, 4) is 22.8 Å². The Morgan fingerprint density at radius 1 is 0.789 bits per heavy atom. The topological polar surface area (TPSA) is 39.2 Å². The fourth-order valence-corrected chi connectivity index (χ4v) is 5.72. The van der Waals surface area contributed by atoms with Crippen LogP contribution in [0.3, 0.4) is 0 Å². The summed E-state index contributed by atoms with van der Waals surface area (Å²) in [4.78, 5) is 4.84. The van der Waals surface area contributed by atoms with Crippen molar-refractivity contribution in [2.45, 2.75) is 60.3 Å². The molecule has 3 heteroatoms. The van der Waals surface area contributed by atoms with Crippen LogP contribution in [0.2, 0.25) is 0 Å². The van der Waals surface area contributed by atoms with Crippen molar-refractivity contribution in [2.75, 3.05) is 0 Å². The van der Waals surface area contributed by atoms with Crippen LogP contribution in [0.15, 0.2) is 75.7 Å². The lowest BCUT2D eigenvalue weighted by atomic mass is 9.82. The van der Waals surface area contributed by atoms with Crippen LogP contribution in [-0.4, -0.2) is 4.98 Å². The van der Waals surface area contributed by atoms with Crippen molar-refractivity contribution in [3.05, 3.63) is 89.1 Å². The van der Waals surface area contributed by atoms with Crippen molar-refractivity contribution in [1.82, 2.24) is 4.98 Å². The molecule has 3 aromatic heterocycles. The molecule has 0 aliphatic heterocycles. The first-order chi connectivity index (χ1) is 18.1. The van der Waals surface area contributed by atoms with Gasteiger partial charge in [-0.2, -0.15) is 0 Å². The smallest absolute Gasteiger partial charge is 0.174 e. The van der Waals surface area contributed by atoms with Crippen LogP contribution in [0.5, 0.6) is 0 Å². The number of furan rings is 2. The predicted octanol–water partition coefficient (Wildman–Crippen LogP) is 10.2. The van der Waals surface area contributed by atoms with E-state index in [1.54, 1.807) is 0 Å². The Hall–Kier alpha value is -3.85. The van der Waals surface area contributed by atoms with Gasteiger partial charge < -0.3 is 8.83 Å². The Morgan fingerprint density at radius 3 is 2.29 bits per heavy atom. The number of rotatable bonds is 4. The normalized spacial score (nSPS) is 12.4. The first-order valence-electron chi connectivity index (χ1n) is 13.6. The average molecular weight is 502 g/mol. The summed E-state index contributed by atoms with van der Waals surface area (Å²) in [5.41, 5.74) is 8.42. The number of fused-ring (bicyclic) bond motifs is 3. The largest absolute Gasteiger partial charge is 0.452 e. The first-order valence-corrected chi connectivity index (χ1v) is 13.6. The molecular weight excluding hydrogens is 466 g/mol. The molecule has 0 N–H and O–H groups in total. The van der Waals surface area contributed by atoms with Crippen LogP contribution in [0.4, 0.5) is 0 Å². The zero-order valence-corrected chi connectivity index (χ0v) is 23.4. The highest BCUT2D eigenvalue weighted by Crippen LogP contribution is 2.42. The maximum atomic E-state index is 6.66. The number of benzene rings is 3. The molecule has 3 aromatic carbocycles. The van der Waals surface area contributed by atoms with Gasteiger partial charge in [-0.15, -0.1) is 0 Å². The zero-order valence-electron chi connectivity index (χ0n) is 23.4. The van der Waals surface area contributed by atoms with E-state index in [4.69, 9.17) is 13.8 Å². The molecule has 0 amide bonds. The fraction of sp³-hybridized carbons (Fsp3) is 0.286. The molecule has 3 nitrogen and oxygen atoms in total. The maximum absolute atomic E-state index is 6.66. The molecule has 0 bridgehead atoms. The zero-order chi connectivity index (χ0) is 26.8. The molecule has 38 heavy (non-hydrogen) atoms. The molecule has 0 saturated heterocycles. The van der Waals surface area contributed by atoms with Crippen LogP contribution >= 0.6 is 0 Å². The Kier molecular flexibility index (Phi) is 5.72.